The summed E-state index contributed by atoms with van der Waals surface area (Å²) in [7, 11) is 1.51. The number of halogens is 4. The number of hydrogen-bond acceptors (Lipinski definition) is 6. The van der Waals surface area contributed by atoms with Gasteiger partial charge in [0.2, 0.25) is 5.91 Å². The SMILES string of the molecule is Cn1ccc(-c2cc(C(=O)Nc3cnc(CC(=O)NCCO)nc3-c3ccccc3)c(F)cc2C(F)(F)F)n1. The second-order valence-corrected chi connectivity index (χ2v) is 8.37. The van der Waals surface area contributed by atoms with Crippen LogP contribution < -0.4 is 10.6 Å². The summed E-state index contributed by atoms with van der Waals surface area (Å²) in [6, 6.07) is 10.9. The van der Waals surface area contributed by atoms with Crippen molar-refractivity contribution in [2.45, 2.75) is 12.6 Å². The molecule has 0 aliphatic heterocycles. The van der Waals surface area contributed by atoms with Gasteiger partial charge < -0.3 is 15.7 Å². The molecule has 2 amide bonds. The molecule has 0 saturated heterocycles. The average molecular weight is 542 g/mol. The van der Waals surface area contributed by atoms with Crippen molar-refractivity contribution in [3.63, 3.8) is 0 Å². The van der Waals surface area contributed by atoms with Crippen LogP contribution in [0.5, 0.6) is 0 Å². The molecule has 0 aliphatic rings. The molecule has 0 spiro atoms. The van der Waals surface area contributed by atoms with Gasteiger partial charge in [-0.05, 0) is 18.2 Å². The molecule has 0 atom stereocenters. The Labute approximate surface area is 219 Å². The zero-order valence-electron chi connectivity index (χ0n) is 20.5. The van der Waals surface area contributed by atoms with Crippen LogP contribution >= 0.6 is 0 Å². The van der Waals surface area contributed by atoms with E-state index in [0.29, 0.717) is 5.56 Å². The molecule has 4 rings (SSSR count). The number of alkyl halides is 3. The smallest absolute Gasteiger partial charge is 0.395 e. The quantitative estimate of drug-likeness (QED) is 0.293. The second kappa shape index (κ2) is 11.4. The molecular weight excluding hydrogens is 520 g/mol. The monoisotopic (exact) mass is 542 g/mol. The molecule has 2 heterocycles. The Hall–Kier alpha value is -4.65. The fraction of sp³-hybridized carbons (Fsp3) is 0.192. The molecule has 0 saturated carbocycles. The first-order valence-corrected chi connectivity index (χ1v) is 11.6. The highest BCUT2D eigenvalue weighted by Gasteiger charge is 2.36. The largest absolute Gasteiger partial charge is 0.417 e. The topological polar surface area (TPSA) is 122 Å². The van der Waals surface area contributed by atoms with Crippen LogP contribution in [0.4, 0.5) is 23.2 Å². The van der Waals surface area contributed by atoms with Crippen LogP contribution in [0.15, 0.2) is 60.9 Å². The first kappa shape index (κ1) is 27.4. The molecule has 0 unspecified atom stereocenters. The molecule has 2 aromatic heterocycles. The minimum atomic E-state index is -4.89. The third-order valence-electron chi connectivity index (χ3n) is 5.53. The van der Waals surface area contributed by atoms with Gasteiger partial charge in [-0.2, -0.15) is 18.3 Å². The van der Waals surface area contributed by atoms with E-state index < -0.39 is 40.5 Å². The van der Waals surface area contributed by atoms with Crippen molar-refractivity contribution in [2.24, 2.45) is 7.05 Å². The number of hydrogen-bond donors (Lipinski definition) is 3. The first-order chi connectivity index (χ1) is 18.6. The van der Waals surface area contributed by atoms with Gasteiger partial charge in [0.1, 0.15) is 11.6 Å². The van der Waals surface area contributed by atoms with E-state index in [0.717, 1.165) is 6.07 Å². The minimum absolute atomic E-state index is 0.0457. The van der Waals surface area contributed by atoms with Crippen LogP contribution in [0.25, 0.3) is 22.5 Å². The predicted molar refractivity (Wildman–Crippen MR) is 133 cm³/mol. The molecule has 3 N–H and O–H groups in total. The van der Waals surface area contributed by atoms with Crippen LogP contribution in [-0.4, -0.2) is 49.8 Å². The maximum Gasteiger partial charge on any atom is 0.417 e. The molecule has 202 valence electrons. The fourth-order valence-electron chi connectivity index (χ4n) is 3.75. The van der Waals surface area contributed by atoms with Gasteiger partial charge in [-0.25, -0.2) is 14.4 Å². The van der Waals surface area contributed by atoms with Crippen molar-refractivity contribution in [1.82, 2.24) is 25.1 Å². The molecule has 0 bridgehead atoms. The van der Waals surface area contributed by atoms with Crippen LogP contribution in [0.3, 0.4) is 0 Å². The zero-order chi connectivity index (χ0) is 28.2. The van der Waals surface area contributed by atoms with Crippen LogP contribution in [-0.2, 0) is 24.4 Å². The number of aromatic nitrogens is 4. The van der Waals surface area contributed by atoms with E-state index in [2.05, 4.69) is 25.7 Å². The van der Waals surface area contributed by atoms with E-state index in [1.165, 1.54) is 30.2 Å². The Kier molecular flexibility index (Phi) is 8.00. The highest BCUT2D eigenvalue weighted by Crippen LogP contribution is 2.38. The summed E-state index contributed by atoms with van der Waals surface area (Å²) in [5.41, 5.74) is -1.67. The highest BCUT2D eigenvalue weighted by atomic mass is 19.4. The summed E-state index contributed by atoms with van der Waals surface area (Å²) in [6.07, 6.45) is -2.46. The van der Waals surface area contributed by atoms with Crippen LogP contribution in [0, 0.1) is 5.82 Å². The normalized spacial score (nSPS) is 11.3. The lowest BCUT2D eigenvalue weighted by atomic mass is 9.99. The van der Waals surface area contributed by atoms with E-state index in [1.807, 2.05) is 0 Å². The Balaban J connectivity index is 1.72. The third-order valence-corrected chi connectivity index (χ3v) is 5.53. The first-order valence-electron chi connectivity index (χ1n) is 11.6. The van der Waals surface area contributed by atoms with E-state index in [1.54, 1.807) is 30.3 Å². The average Bonchev–Trinajstić information content (AvgIpc) is 3.34. The second-order valence-electron chi connectivity index (χ2n) is 8.37. The number of aryl methyl sites for hydroxylation is 1. The Morgan fingerprint density at radius 2 is 1.85 bits per heavy atom. The van der Waals surface area contributed by atoms with Gasteiger partial charge >= 0.3 is 6.18 Å². The number of amides is 2. The van der Waals surface area contributed by atoms with Gasteiger partial charge in [0.05, 0.1) is 47.4 Å². The van der Waals surface area contributed by atoms with Crippen LogP contribution in [0.2, 0.25) is 0 Å². The standard InChI is InChI=1S/C26H22F4N6O3/c1-36-9-7-20(35-36)16-11-17(19(27)12-18(16)26(28,29)30)25(39)33-21-14-32-22(13-23(38)31-8-10-37)34-24(21)15-5-3-2-4-6-15/h2-7,9,11-12,14,37H,8,10,13H2,1H3,(H,31,38)(H,33,39). The number of rotatable bonds is 8. The van der Waals surface area contributed by atoms with Crippen LogP contribution in [0.1, 0.15) is 21.7 Å². The number of carbonyl (C=O) groups is 2. The van der Waals surface area contributed by atoms with E-state index in [4.69, 9.17) is 5.11 Å². The summed E-state index contributed by atoms with van der Waals surface area (Å²) < 4.78 is 57.2. The Morgan fingerprint density at radius 1 is 1.10 bits per heavy atom. The molecule has 0 radical (unpaired) electrons. The summed E-state index contributed by atoms with van der Waals surface area (Å²) in [5, 5.41) is 17.8. The molecule has 0 aliphatic carbocycles. The lowest BCUT2D eigenvalue weighted by molar-refractivity contribution is -0.137. The number of nitrogens with one attached hydrogen (secondary N) is 2. The number of carbonyl (C=O) groups excluding carboxylic acids is 2. The maximum absolute atomic E-state index is 14.9. The van der Waals surface area contributed by atoms with Gasteiger partial charge in [0.25, 0.3) is 5.91 Å². The third kappa shape index (κ3) is 6.44. The summed E-state index contributed by atoms with van der Waals surface area (Å²) >= 11 is 0. The maximum atomic E-state index is 14.9. The number of nitrogens with zero attached hydrogens (tertiary/aromatic N) is 4. The van der Waals surface area contributed by atoms with Crippen molar-refractivity contribution < 1.29 is 32.3 Å². The van der Waals surface area contributed by atoms with E-state index in [-0.39, 0.29) is 48.5 Å². The minimum Gasteiger partial charge on any atom is -0.395 e. The Morgan fingerprint density at radius 3 is 2.49 bits per heavy atom. The molecular formula is C26H22F4N6O3. The van der Waals surface area contributed by atoms with Gasteiger partial charge in [0, 0.05) is 30.9 Å². The number of anilines is 1. The van der Waals surface area contributed by atoms with Crippen molar-refractivity contribution >= 4 is 17.5 Å². The lowest BCUT2D eigenvalue weighted by Gasteiger charge is -2.15. The molecule has 39 heavy (non-hydrogen) atoms. The fourth-order valence-corrected chi connectivity index (χ4v) is 3.75. The summed E-state index contributed by atoms with van der Waals surface area (Å²) in [5.74, 6) is -2.74. The summed E-state index contributed by atoms with van der Waals surface area (Å²) in [4.78, 5) is 33.7. The zero-order valence-corrected chi connectivity index (χ0v) is 20.5. The highest BCUT2D eigenvalue weighted by molar-refractivity contribution is 6.06. The Bertz CT molecular complexity index is 1510. The lowest BCUT2D eigenvalue weighted by Crippen LogP contribution is -2.28. The van der Waals surface area contributed by atoms with E-state index in [9.17, 15) is 27.2 Å². The van der Waals surface area contributed by atoms with Gasteiger partial charge in [-0.15, -0.1) is 0 Å². The van der Waals surface area contributed by atoms with Gasteiger partial charge in [0.15, 0.2) is 0 Å². The molecule has 9 nitrogen and oxygen atoms in total. The van der Waals surface area contributed by atoms with Crippen molar-refractivity contribution in [3.05, 3.63) is 83.7 Å². The molecule has 0 fully saturated rings. The molecule has 2 aromatic carbocycles. The van der Waals surface area contributed by atoms with E-state index >= 15 is 0 Å². The number of benzene rings is 2. The molecule has 13 heteroatoms. The van der Waals surface area contributed by atoms with Gasteiger partial charge in [-0.3, -0.25) is 14.3 Å². The van der Waals surface area contributed by atoms with Crippen molar-refractivity contribution in [3.8, 4) is 22.5 Å². The van der Waals surface area contributed by atoms with Gasteiger partial charge in [-0.1, -0.05) is 30.3 Å². The number of aliphatic hydroxyl groups is 1. The number of aliphatic hydroxyl groups excluding tert-OH is 1. The summed E-state index contributed by atoms with van der Waals surface area (Å²) in [6.45, 7) is -0.187. The predicted octanol–water partition coefficient (Wildman–Crippen LogP) is 3.61. The van der Waals surface area contributed by atoms with Crippen molar-refractivity contribution in [1.29, 1.82) is 0 Å². The van der Waals surface area contributed by atoms with Crippen molar-refractivity contribution in [2.75, 3.05) is 18.5 Å². The molecule has 4 aromatic rings.